The summed E-state index contributed by atoms with van der Waals surface area (Å²) in [5.41, 5.74) is 2.05. The van der Waals surface area contributed by atoms with Gasteiger partial charge >= 0.3 is 0 Å². The van der Waals surface area contributed by atoms with Gasteiger partial charge in [-0.1, -0.05) is 29.8 Å². The van der Waals surface area contributed by atoms with Gasteiger partial charge in [0.2, 0.25) is 15.9 Å². The molecule has 1 N–H and O–H groups in total. The first kappa shape index (κ1) is 24.2. The molecule has 0 spiro atoms. The first-order valence-corrected chi connectivity index (χ1v) is 14.2. The molecule has 5 rings (SSSR count). The smallest absolute Gasteiger partial charge is 0.243 e. The van der Waals surface area contributed by atoms with Crippen LogP contribution in [0.4, 0.5) is 5.69 Å². The van der Waals surface area contributed by atoms with Crippen LogP contribution in [0.2, 0.25) is 0 Å². The van der Waals surface area contributed by atoms with Gasteiger partial charge in [0.05, 0.1) is 4.90 Å². The summed E-state index contributed by atoms with van der Waals surface area (Å²) >= 11 is 0. The van der Waals surface area contributed by atoms with Gasteiger partial charge in [0, 0.05) is 25.0 Å². The van der Waals surface area contributed by atoms with Crippen LogP contribution < -0.4 is 5.32 Å². The van der Waals surface area contributed by atoms with Crippen molar-refractivity contribution in [1.82, 2.24) is 14.4 Å². The number of hydrogen-bond donors (Lipinski definition) is 1. The lowest BCUT2D eigenvalue weighted by Gasteiger charge is -2.39. The van der Waals surface area contributed by atoms with Crippen LogP contribution in [-0.4, -0.2) is 60.9 Å². The van der Waals surface area contributed by atoms with E-state index in [-0.39, 0.29) is 11.8 Å². The lowest BCUT2D eigenvalue weighted by molar-refractivity contribution is -0.117. The molecule has 2 saturated heterocycles. The Labute approximate surface area is 207 Å². The molecule has 0 radical (unpaired) electrons. The molecular formula is C26H34N4O4S. The van der Waals surface area contributed by atoms with Crippen LogP contribution in [0, 0.1) is 12.8 Å². The zero-order valence-electron chi connectivity index (χ0n) is 20.3. The number of amides is 1. The minimum absolute atomic E-state index is 0.000436. The topological polar surface area (TPSA) is 95.8 Å². The Balaban J connectivity index is 1.21. The van der Waals surface area contributed by atoms with Crippen molar-refractivity contribution >= 4 is 33.8 Å². The summed E-state index contributed by atoms with van der Waals surface area (Å²) in [6.45, 7) is 5.23. The fourth-order valence-corrected chi connectivity index (χ4v) is 6.50. The maximum atomic E-state index is 13.2. The van der Waals surface area contributed by atoms with E-state index < -0.39 is 10.0 Å². The fourth-order valence-electron chi connectivity index (χ4n) is 5.03. The molecular weight excluding hydrogens is 464 g/mol. The van der Waals surface area contributed by atoms with E-state index in [9.17, 15) is 13.2 Å². The molecule has 0 bridgehead atoms. The van der Waals surface area contributed by atoms with Gasteiger partial charge in [-0.2, -0.15) is 4.31 Å². The Morgan fingerprint density at radius 3 is 2.34 bits per heavy atom. The van der Waals surface area contributed by atoms with Crippen LogP contribution >= 0.6 is 0 Å². The van der Waals surface area contributed by atoms with Crippen molar-refractivity contribution in [3.05, 3.63) is 41.3 Å². The highest BCUT2D eigenvalue weighted by Gasteiger charge is 2.32. The second kappa shape index (κ2) is 10.2. The highest BCUT2D eigenvalue weighted by atomic mass is 32.2. The second-order valence-electron chi connectivity index (χ2n) is 9.91. The largest absolute Gasteiger partial charge is 0.354 e. The lowest BCUT2D eigenvalue weighted by Crippen LogP contribution is -2.48. The van der Waals surface area contributed by atoms with Crippen molar-refractivity contribution < 1.29 is 17.7 Å². The molecule has 3 aliphatic rings. The van der Waals surface area contributed by atoms with Crippen LogP contribution in [0.15, 0.2) is 33.7 Å². The highest BCUT2D eigenvalue weighted by Crippen LogP contribution is 2.32. The van der Waals surface area contributed by atoms with E-state index in [1.165, 1.54) is 19.3 Å². The maximum Gasteiger partial charge on any atom is 0.243 e. The third-order valence-corrected chi connectivity index (χ3v) is 9.27. The number of carbonyl (C=O) groups is 1. The molecule has 2 aliphatic heterocycles. The summed E-state index contributed by atoms with van der Waals surface area (Å²) in [5.74, 6) is 0.566. The van der Waals surface area contributed by atoms with Gasteiger partial charge in [-0.3, -0.25) is 4.79 Å². The van der Waals surface area contributed by atoms with Crippen molar-refractivity contribution in [2.24, 2.45) is 5.92 Å². The second-order valence-corrected chi connectivity index (χ2v) is 11.8. The van der Waals surface area contributed by atoms with Crippen molar-refractivity contribution in [2.45, 2.75) is 62.8 Å². The van der Waals surface area contributed by atoms with Gasteiger partial charge < -0.3 is 14.7 Å². The number of rotatable bonds is 7. The molecule has 1 aromatic heterocycles. The molecule has 8 nitrogen and oxygen atoms in total. The molecule has 1 saturated carbocycles. The van der Waals surface area contributed by atoms with Gasteiger partial charge in [0.15, 0.2) is 5.76 Å². The number of aryl methyl sites for hydroxylation is 1. The van der Waals surface area contributed by atoms with Gasteiger partial charge in [0.25, 0.3) is 0 Å². The predicted octanol–water partition coefficient (Wildman–Crippen LogP) is 4.14. The Hall–Kier alpha value is -2.49. The standard InChI is InChI=1S/C26H34N4O4S/c1-19-25(27-26(31)21-8-9-21)24(34-28-19)12-7-20-5-10-23(11-6-20)35(32,33)30-17-13-22(14-18-30)29-15-3-2-4-16-29/h5-7,10-12,21-22H,2-4,8-9,13-18H2,1H3,(H,27,31)/b12-7-. The zero-order valence-corrected chi connectivity index (χ0v) is 21.1. The monoisotopic (exact) mass is 498 g/mol. The van der Waals surface area contributed by atoms with Crippen LogP contribution in [-0.2, 0) is 14.8 Å². The zero-order chi connectivity index (χ0) is 24.4. The number of nitrogens with one attached hydrogen (secondary N) is 1. The van der Waals surface area contributed by atoms with E-state index in [0.29, 0.717) is 41.2 Å². The molecule has 3 heterocycles. The average molecular weight is 499 g/mol. The van der Waals surface area contributed by atoms with Crippen LogP contribution in [0.5, 0.6) is 0 Å². The van der Waals surface area contributed by atoms with Crippen LogP contribution in [0.1, 0.15) is 62.0 Å². The van der Waals surface area contributed by atoms with E-state index in [4.69, 9.17) is 4.52 Å². The number of anilines is 1. The molecule has 0 atom stereocenters. The summed E-state index contributed by atoms with van der Waals surface area (Å²) in [6.07, 6.45) is 11.0. The minimum atomic E-state index is -3.50. The van der Waals surface area contributed by atoms with E-state index >= 15 is 0 Å². The fraction of sp³-hybridized carbons (Fsp3) is 0.538. The number of likely N-dealkylation sites (tertiary alicyclic amines) is 1. The highest BCUT2D eigenvalue weighted by molar-refractivity contribution is 7.89. The Morgan fingerprint density at radius 2 is 1.69 bits per heavy atom. The Bertz CT molecular complexity index is 1170. The molecule has 3 fully saturated rings. The number of nitrogens with zero attached hydrogens (tertiary/aromatic N) is 3. The van der Waals surface area contributed by atoms with E-state index in [0.717, 1.165) is 44.3 Å². The lowest BCUT2D eigenvalue weighted by atomic mass is 10.0. The molecule has 9 heteroatoms. The summed E-state index contributed by atoms with van der Waals surface area (Å²) in [4.78, 5) is 15.0. The van der Waals surface area contributed by atoms with E-state index in [1.54, 1.807) is 41.6 Å². The quantitative estimate of drug-likeness (QED) is 0.616. The number of aromatic nitrogens is 1. The molecule has 35 heavy (non-hydrogen) atoms. The SMILES string of the molecule is Cc1noc(/C=C\c2ccc(S(=O)(=O)N3CCC(N4CCCCC4)CC3)cc2)c1NC(=O)C1CC1. The molecule has 1 amide bonds. The number of hydrogen-bond acceptors (Lipinski definition) is 6. The summed E-state index contributed by atoms with van der Waals surface area (Å²) < 4.78 is 33.4. The van der Waals surface area contributed by atoms with Crippen molar-refractivity contribution in [3.63, 3.8) is 0 Å². The van der Waals surface area contributed by atoms with Gasteiger partial charge in [-0.15, -0.1) is 0 Å². The summed E-state index contributed by atoms with van der Waals surface area (Å²) in [5, 5.41) is 6.88. The first-order chi connectivity index (χ1) is 16.9. The first-order valence-electron chi connectivity index (χ1n) is 12.7. The molecule has 1 aromatic carbocycles. The number of benzene rings is 1. The number of sulfonamides is 1. The third-order valence-electron chi connectivity index (χ3n) is 7.36. The van der Waals surface area contributed by atoms with Gasteiger partial charge in [0.1, 0.15) is 11.4 Å². The average Bonchev–Trinajstić information content (AvgIpc) is 3.69. The molecule has 1 aliphatic carbocycles. The normalized spacial score (nSPS) is 20.9. The summed E-state index contributed by atoms with van der Waals surface area (Å²) in [7, 11) is -3.50. The summed E-state index contributed by atoms with van der Waals surface area (Å²) in [6, 6.07) is 7.40. The molecule has 0 unspecified atom stereocenters. The van der Waals surface area contributed by atoms with Crippen molar-refractivity contribution in [2.75, 3.05) is 31.5 Å². The third kappa shape index (κ3) is 5.52. The van der Waals surface area contributed by atoms with Crippen molar-refractivity contribution in [1.29, 1.82) is 0 Å². The Kier molecular flexibility index (Phi) is 7.09. The van der Waals surface area contributed by atoms with Crippen LogP contribution in [0.3, 0.4) is 0 Å². The van der Waals surface area contributed by atoms with E-state index in [2.05, 4.69) is 15.4 Å². The molecule has 188 valence electrons. The number of piperidine rings is 2. The van der Waals surface area contributed by atoms with Gasteiger partial charge in [-0.25, -0.2) is 8.42 Å². The predicted molar refractivity (Wildman–Crippen MR) is 135 cm³/mol. The van der Waals surface area contributed by atoms with Crippen molar-refractivity contribution in [3.8, 4) is 0 Å². The minimum Gasteiger partial charge on any atom is -0.354 e. The number of carbonyl (C=O) groups excluding carboxylic acids is 1. The van der Waals surface area contributed by atoms with Gasteiger partial charge in [-0.05, 0) is 82.3 Å². The maximum absolute atomic E-state index is 13.2. The van der Waals surface area contributed by atoms with Crippen LogP contribution in [0.25, 0.3) is 12.2 Å². The Morgan fingerprint density at radius 1 is 1.00 bits per heavy atom. The van der Waals surface area contributed by atoms with E-state index in [1.807, 2.05) is 6.08 Å². The molecule has 2 aromatic rings.